The van der Waals surface area contributed by atoms with Gasteiger partial charge in [-0.25, -0.2) is 0 Å². The van der Waals surface area contributed by atoms with Crippen LogP contribution in [0.25, 0.3) is 0 Å². The first-order valence-electron chi connectivity index (χ1n) is 4.92. The number of carbonyl (C=O) groups excluding carboxylic acids is 1. The Morgan fingerprint density at radius 2 is 1.62 bits per heavy atom. The molecule has 3 rings (SSSR count). The summed E-state index contributed by atoms with van der Waals surface area (Å²) in [5, 5.41) is 9.08. The zero-order valence-corrected chi connectivity index (χ0v) is 8.26. The minimum atomic E-state index is -0.174. The Morgan fingerprint density at radius 1 is 1.15 bits per heavy atom. The standard InChI is InChI=1S/C11H16O2/c1-10-3-5-11(2,6-4-10)9(13)8(10)7-12/h7,12H,3-6H2,1-2H3/b8-7-. The second kappa shape index (κ2) is 2.37. The fraction of sp³-hybridized carbons (Fsp3) is 0.727. The van der Waals surface area contributed by atoms with Crippen LogP contribution in [0, 0.1) is 10.8 Å². The molecule has 0 aromatic rings. The van der Waals surface area contributed by atoms with Gasteiger partial charge in [0.15, 0.2) is 5.78 Å². The van der Waals surface area contributed by atoms with Gasteiger partial charge in [0.1, 0.15) is 0 Å². The predicted molar refractivity (Wildman–Crippen MR) is 50.4 cm³/mol. The van der Waals surface area contributed by atoms with E-state index in [1.54, 1.807) is 0 Å². The Hall–Kier alpha value is -0.790. The molecule has 2 heteroatoms. The molecule has 13 heavy (non-hydrogen) atoms. The molecule has 1 N–H and O–H groups in total. The molecule has 0 spiro atoms. The maximum absolute atomic E-state index is 11.9. The highest BCUT2D eigenvalue weighted by atomic mass is 16.2. The Labute approximate surface area is 78.6 Å². The first-order valence-corrected chi connectivity index (χ1v) is 4.92. The maximum Gasteiger partial charge on any atom is 0.168 e. The number of fused-ring (bicyclic) bond motifs is 3. The van der Waals surface area contributed by atoms with E-state index in [-0.39, 0.29) is 16.6 Å². The Kier molecular flexibility index (Phi) is 1.60. The van der Waals surface area contributed by atoms with Crippen LogP contribution in [0.4, 0.5) is 0 Å². The molecular formula is C11H16O2. The van der Waals surface area contributed by atoms with E-state index in [0.29, 0.717) is 5.57 Å². The molecule has 0 unspecified atom stereocenters. The van der Waals surface area contributed by atoms with Crippen LogP contribution in [-0.4, -0.2) is 10.9 Å². The number of aliphatic hydroxyl groups is 1. The van der Waals surface area contributed by atoms with Crippen LogP contribution in [0.3, 0.4) is 0 Å². The summed E-state index contributed by atoms with van der Waals surface area (Å²) in [5.41, 5.74) is 0.447. The molecule has 0 radical (unpaired) electrons. The van der Waals surface area contributed by atoms with Crippen molar-refractivity contribution >= 4 is 5.78 Å². The van der Waals surface area contributed by atoms with Crippen LogP contribution < -0.4 is 0 Å². The number of rotatable bonds is 0. The van der Waals surface area contributed by atoms with E-state index in [1.807, 2.05) is 6.92 Å². The molecular weight excluding hydrogens is 164 g/mol. The molecule has 3 saturated carbocycles. The van der Waals surface area contributed by atoms with E-state index in [9.17, 15) is 4.79 Å². The molecule has 2 nitrogen and oxygen atoms in total. The third-order valence-electron chi connectivity index (χ3n) is 4.03. The van der Waals surface area contributed by atoms with Crippen LogP contribution in [0.15, 0.2) is 11.8 Å². The average Bonchev–Trinajstić information content (AvgIpc) is 2.10. The second-order valence-corrected chi connectivity index (χ2v) is 4.99. The highest BCUT2D eigenvalue weighted by molar-refractivity contribution is 6.02. The first-order chi connectivity index (χ1) is 6.02. The smallest absolute Gasteiger partial charge is 0.168 e. The van der Waals surface area contributed by atoms with Gasteiger partial charge in [0.25, 0.3) is 0 Å². The van der Waals surface area contributed by atoms with E-state index in [1.165, 1.54) is 0 Å². The minimum absolute atomic E-state index is 0.0381. The lowest BCUT2D eigenvalue weighted by atomic mass is 9.52. The number of hydrogen-bond donors (Lipinski definition) is 1. The Morgan fingerprint density at radius 3 is 2.00 bits per heavy atom. The number of ketones is 1. The number of aliphatic hydroxyl groups excluding tert-OH is 1. The number of hydrogen-bond acceptors (Lipinski definition) is 2. The van der Waals surface area contributed by atoms with Gasteiger partial charge in [-0.05, 0) is 31.1 Å². The molecule has 3 fully saturated rings. The number of Topliss-reactive ketones (excluding diaryl/α,β-unsaturated/α-hetero) is 1. The fourth-order valence-electron chi connectivity index (χ4n) is 2.66. The van der Waals surface area contributed by atoms with Crippen LogP contribution in [-0.2, 0) is 4.79 Å². The largest absolute Gasteiger partial charge is 0.515 e. The van der Waals surface area contributed by atoms with Gasteiger partial charge in [-0.1, -0.05) is 13.8 Å². The molecule has 0 heterocycles. The Balaban J connectivity index is 2.47. The molecule has 0 saturated heterocycles. The molecule has 3 aliphatic carbocycles. The second-order valence-electron chi connectivity index (χ2n) is 4.99. The van der Waals surface area contributed by atoms with Gasteiger partial charge in [-0.3, -0.25) is 4.79 Å². The van der Waals surface area contributed by atoms with E-state index in [0.717, 1.165) is 31.9 Å². The number of allylic oxidation sites excluding steroid dienone is 1. The van der Waals surface area contributed by atoms with Gasteiger partial charge in [-0.15, -0.1) is 0 Å². The molecule has 3 aliphatic rings. The van der Waals surface area contributed by atoms with Crippen LogP contribution in [0.5, 0.6) is 0 Å². The summed E-state index contributed by atoms with van der Waals surface area (Å²) >= 11 is 0. The van der Waals surface area contributed by atoms with Gasteiger partial charge in [0.2, 0.25) is 0 Å². The number of carbonyl (C=O) groups is 1. The lowest BCUT2D eigenvalue weighted by molar-refractivity contribution is -0.133. The predicted octanol–water partition coefficient (Wildman–Crippen LogP) is 2.60. The van der Waals surface area contributed by atoms with Gasteiger partial charge < -0.3 is 5.11 Å². The molecule has 72 valence electrons. The minimum Gasteiger partial charge on any atom is -0.515 e. The van der Waals surface area contributed by atoms with Gasteiger partial charge in [0.05, 0.1) is 6.26 Å². The highest BCUT2D eigenvalue weighted by Crippen LogP contribution is 2.56. The van der Waals surface area contributed by atoms with Crippen LogP contribution in [0.1, 0.15) is 39.5 Å². The lowest BCUT2D eigenvalue weighted by Gasteiger charge is -2.50. The first kappa shape index (κ1) is 8.79. The summed E-state index contributed by atoms with van der Waals surface area (Å²) < 4.78 is 0. The van der Waals surface area contributed by atoms with Gasteiger partial charge in [-0.2, -0.15) is 0 Å². The monoisotopic (exact) mass is 180 g/mol. The molecule has 0 atom stereocenters. The van der Waals surface area contributed by atoms with E-state index in [4.69, 9.17) is 5.11 Å². The fourth-order valence-corrected chi connectivity index (χ4v) is 2.66. The molecule has 0 aromatic carbocycles. The SMILES string of the molecule is CC12CCC(C)(CC1)/C(=C\O)C2=O. The van der Waals surface area contributed by atoms with Gasteiger partial charge in [0, 0.05) is 11.0 Å². The maximum atomic E-state index is 11.9. The lowest BCUT2D eigenvalue weighted by Crippen LogP contribution is -2.47. The van der Waals surface area contributed by atoms with Gasteiger partial charge >= 0.3 is 0 Å². The van der Waals surface area contributed by atoms with Crippen molar-refractivity contribution in [3.05, 3.63) is 11.8 Å². The zero-order valence-electron chi connectivity index (χ0n) is 8.26. The van der Waals surface area contributed by atoms with Crippen LogP contribution >= 0.6 is 0 Å². The van der Waals surface area contributed by atoms with Crippen molar-refractivity contribution in [3.63, 3.8) is 0 Å². The third-order valence-corrected chi connectivity index (χ3v) is 4.03. The van der Waals surface area contributed by atoms with Crippen molar-refractivity contribution < 1.29 is 9.90 Å². The van der Waals surface area contributed by atoms with Crippen molar-refractivity contribution in [2.24, 2.45) is 10.8 Å². The summed E-state index contributed by atoms with van der Waals surface area (Å²) in [6.45, 7) is 4.11. The van der Waals surface area contributed by atoms with Crippen molar-refractivity contribution in [2.45, 2.75) is 39.5 Å². The van der Waals surface area contributed by atoms with Crippen molar-refractivity contribution in [2.75, 3.05) is 0 Å². The molecule has 2 bridgehead atoms. The van der Waals surface area contributed by atoms with Crippen molar-refractivity contribution in [1.29, 1.82) is 0 Å². The molecule has 0 aliphatic heterocycles. The average molecular weight is 180 g/mol. The summed E-state index contributed by atoms with van der Waals surface area (Å²) in [6.07, 6.45) is 5.10. The van der Waals surface area contributed by atoms with E-state index in [2.05, 4.69) is 6.92 Å². The van der Waals surface area contributed by atoms with Crippen LogP contribution in [0.2, 0.25) is 0 Å². The summed E-state index contributed by atoms with van der Waals surface area (Å²) in [6, 6.07) is 0. The summed E-state index contributed by atoms with van der Waals surface area (Å²) in [7, 11) is 0. The van der Waals surface area contributed by atoms with Crippen molar-refractivity contribution in [3.8, 4) is 0 Å². The van der Waals surface area contributed by atoms with Crippen molar-refractivity contribution in [1.82, 2.24) is 0 Å². The normalized spacial score (nSPS) is 47.2. The third kappa shape index (κ3) is 0.976. The van der Waals surface area contributed by atoms with E-state index >= 15 is 0 Å². The highest BCUT2D eigenvalue weighted by Gasteiger charge is 2.52. The Bertz CT molecular complexity index is 280. The molecule has 0 aromatic heterocycles. The van der Waals surface area contributed by atoms with E-state index < -0.39 is 0 Å². The quantitative estimate of drug-likeness (QED) is 0.459. The topological polar surface area (TPSA) is 37.3 Å². The summed E-state index contributed by atoms with van der Waals surface area (Å²) in [5.74, 6) is 0.176. The zero-order chi connectivity index (χ0) is 9.69. The summed E-state index contributed by atoms with van der Waals surface area (Å²) in [4.78, 5) is 11.9. The molecule has 0 amide bonds.